The Morgan fingerprint density at radius 1 is 0.815 bits per heavy atom. The van der Waals surface area contributed by atoms with Crippen molar-refractivity contribution in [1.29, 1.82) is 0 Å². The Balaban J connectivity index is 2.15. The van der Waals surface area contributed by atoms with Crippen LogP contribution in [0.4, 0.5) is 0 Å². The first kappa shape index (κ1) is 23.0. The van der Waals surface area contributed by atoms with Crippen LogP contribution in [-0.4, -0.2) is 25.8 Å². The summed E-state index contributed by atoms with van der Waals surface area (Å²) in [5.41, 5.74) is 0. The minimum atomic E-state index is -3.23. The molecule has 1 aliphatic carbocycles. The van der Waals surface area contributed by atoms with Crippen LogP contribution in [0.15, 0.2) is 35.2 Å². The molecule has 1 unspecified atom stereocenters. The van der Waals surface area contributed by atoms with Crippen LogP contribution in [-0.2, 0) is 9.84 Å². The van der Waals surface area contributed by atoms with Crippen molar-refractivity contribution in [2.24, 2.45) is 5.92 Å². The number of hydrogen-bond acceptors (Lipinski definition) is 2. The normalized spacial score (nSPS) is 20.4. The van der Waals surface area contributed by atoms with Crippen molar-refractivity contribution in [3.63, 3.8) is 0 Å². The molecule has 0 heterocycles. The fourth-order valence-electron chi connectivity index (χ4n) is 4.51. The molecule has 1 atom stereocenters. The summed E-state index contributed by atoms with van der Waals surface area (Å²) in [5, 5.41) is 0. The molecular formula is C23H40GeO2S. The fraction of sp³-hybridized carbons (Fsp3) is 0.739. The van der Waals surface area contributed by atoms with Crippen LogP contribution >= 0.6 is 0 Å². The van der Waals surface area contributed by atoms with Crippen LogP contribution in [0.2, 0.25) is 17.3 Å². The summed E-state index contributed by atoms with van der Waals surface area (Å²) >= 11 is -2.40. The van der Waals surface area contributed by atoms with Crippen LogP contribution in [0.5, 0.6) is 0 Å². The van der Waals surface area contributed by atoms with Crippen LogP contribution in [0.25, 0.3) is 0 Å². The van der Waals surface area contributed by atoms with Crippen molar-refractivity contribution in [1.82, 2.24) is 0 Å². The number of rotatable bonds is 5. The van der Waals surface area contributed by atoms with E-state index in [4.69, 9.17) is 0 Å². The Morgan fingerprint density at radius 2 is 1.26 bits per heavy atom. The second-order valence-electron chi connectivity index (χ2n) is 9.57. The molecule has 1 aliphatic rings. The predicted molar refractivity (Wildman–Crippen MR) is 120 cm³/mol. The third kappa shape index (κ3) is 7.57. The van der Waals surface area contributed by atoms with Crippen molar-refractivity contribution in [3.8, 4) is 0 Å². The van der Waals surface area contributed by atoms with E-state index in [1.54, 1.807) is 12.1 Å². The molecule has 1 aromatic rings. The fourth-order valence-corrected chi connectivity index (χ4v) is 15.7. The van der Waals surface area contributed by atoms with E-state index in [0.29, 0.717) is 10.8 Å². The molecule has 4 heteroatoms. The molecule has 1 saturated carbocycles. The van der Waals surface area contributed by atoms with E-state index in [9.17, 15) is 8.42 Å². The summed E-state index contributed by atoms with van der Waals surface area (Å²) in [6, 6.07) is 9.19. The molecule has 0 spiro atoms. The standard InChI is InChI=1S/C23H40GeO2S/c1-24(2,3)23(27(25,26)22-18-14-11-15-19-22)20-21-16-12-9-7-5-4-6-8-10-13-17-21/h11,14-15,18-19,21,23H,4-10,12-13,16-17,20H2,1-3H3. The van der Waals surface area contributed by atoms with Gasteiger partial charge in [-0.1, -0.05) is 0 Å². The van der Waals surface area contributed by atoms with Gasteiger partial charge >= 0.3 is 171 Å². The van der Waals surface area contributed by atoms with E-state index in [1.807, 2.05) is 18.2 Å². The minimum absolute atomic E-state index is 0.127. The van der Waals surface area contributed by atoms with E-state index in [0.717, 1.165) is 6.42 Å². The van der Waals surface area contributed by atoms with Gasteiger partial charge in [-0.15, -0.1) is 0 Å². The summed E-state index contributed by atoms with van der Waals surface area (Å²) in [6.07, 6.45) is 15.4. The van der Waals surface area contributed by atoms with Gasteiger partial charge in [-0.25, -0.2) is 0 Å². The Morgan fingerprint density at radius 3 is 1.70 bits per heavy atom. The van der Waals surface area contributed by atoms with Crippen molar-refractivity contribution in [2.45, 2.75) is 103 Å². The molecule has 0 bridgehead atoms. The number of hydrogen-bond donors (Lipinski definition) is 0. The quantitative estimate of drug-likeness (QED) is 0.449. The Bertz CT molecular complexity index is 622. The molecule has 2 nitrogen and oxygen atoms in total. The first-order valence-electron chi connectivity index (χ1n) is 11.1. The first-order chi connectivity index (χ1) is 12.8. The van der Waals surface area contributed by atoms with Crippen molar-refractivity contribution in [3.05, 3.63) is 30.3 Å². The van der Waals surface area contributed by atoms with E-state index in [2.05, 4.69) is 17.3 Å². The van der Waals surface area contributed by atoms with Gasteiger partial charge < -0.3 is 0 Å². The SMILES string of the molecule is [CH3][Ge]([CH3])([CH3])[CH](CC1CCCCCCCCCCC1)S(=O)(=O)c1ccccc1. The predicted octanol–water partition coefficient (Wildman–Crippen LogP) is 7.02. The van der Waals surface area contributed by atoms with Gasteiger partial charge in [-0.2, -0.15) is 0 Å². The molecule has 0 aliphatic heterocycles. The maximum atomic E-state index is 13.5. The molecular weight excluding hydrogens is 413 g/mol. The molecule has 0 radical (unpaired) electrons. The molecule has 1 fully saturated rings. The molecule has 0 saturated heterocycles. The maximum absolute atomic E-state index is 13.5. The average molecular weight is 453 g/mol. The summed E-state index contributed by atoms with van der Waals surface area (Å²) in [6.45, 7) is 0. The number of benzene rings is 1. The van der Waals surface area contributed by atoms with Crippen LogP contribution < -0.4 is 0 Å². The van der Waals surface area contributed by atoms with Crippen LogP contribution in [0, 0.1) is 5.92 Å². The topological polar surface area (TPSA) is 34.1 Å². The zero-order valence-electron chi connectivity index (χ0n) is 17.8. The van der Waals surface area contributed by atoms with Gasteiger partial charge in [0.15, 0.2) is 0 Å². The van der Waals surface area contributed by atoms with Gasteiger partial charge in [0.05, 0.1) is 0 Å². The van der Waals surface area contributed by atoms with Gasteiger partial charge in [-0.05, 0) is 0 Å². The number of sulfone groups is 1. The average Bonchev–Trinajstić information content (AvgIpc) is 2.61. The van der Waals surface area contributed by atoms with Gasteiger partial charge in [0.25, 0.3) is 0 Å². The second-order valence-corrected chi connectivity index (χ2v) is 24.0. The van der Waals surface area contributed by atoms with Crippen LogP contribution in [0.1, 0.15) is 77.0 Å². The van der Waals surface area contributed by atoms with Crippen molar-refractivity contribution >= 4 is 23.1 Å². The van der Waals surface area contributed by atoms with Gasteiger partial charge in [0.2, 0.25) is 0 Å². The summed E-state index contributed by atoms with van der Waals surface area (Å²) in [5.74, 6) is 7.42. The van der Waals surface area contributed by atoms with Gasteiger partial charge in [0, 0.05) is 0 Å². The molecule has 0 amide bonds. The molecule has 2 rings (SSSR count). The van der Waals surface area contributed by atoms with Gasteiger partial charge in [-0.3, -0.25) is 0 Å². The second kappa shape index (κ2) is 11.0. The first-order valence-corrected chi connectivity index (χ1v) is 20.2. The zero-order valence-corrected chi connectivity index (χ0v) is 20.7. The zero-order chi connectivity index (χ0) is 19.8. The summed E-state index contributed by atoms with van der Waals surface area (Å²) < 4.78 is 26.8. The summed E-state index contributed by atoms with van der Waals surface area (Å²) in [7, 11) is -3.23. The van der Waals surface area contributed by atoms with Gasteiger partial charge in [0.1, 0.15) is 0 Å². The summed E-state index contributed by atoms with van der Waals surface area (Å²) in [4.78, 5) is 0.531. The molecule has 1 aromatic carbocycles. The molecule has 0 N–H and O–H groups in total. The third-order valence-corrected chi connectivity index (χ3v) is 18.2. The van der Waals surface area contributed by atoms with E-state index in [-0.39, 0.29) is 4.08 Å². The van der Waals surface area contributed by atoms with Crippen molar-refractivity contribution < 1.29 is 8.42 Å². The Hall–Kier alpha value is -0.287. The van der Waals surface area contributed by atoms with Crippen LogP contribution in [0.3, 0.4) is 0 Å². The van der Waals surface area contributed by atoms with E-state index >= 15 is 0 Å². The molecule has 27 heavy (non-hydrogen) atoms. The monoisotopic (exact) mass is 454 g/mol. The molecule has 0 aromatic heterocycles. The third-order valence-electron chi connectivity index (χ3n) is 6.18. The Labute approximate surface area is 170 Å². The van der Waals surface area contributed by atoms with Crippen molar-refractivity contribution in [2.75, 3.05) is 0 Å². The molecule has 154 valence electrons. The van der Waals surface area contributed by atoms with E-state index in [1.165, 1.54) is 70.6 Å². The van der Waals surface area contributed by atoms with E-state index < -0.39 is 23.1 Å². The Kier molecular flexibility index (Phi) is 9.40.